The van der Waals surface area contributed by atoms with E-state index in [-0.39, 0.29) is 24.0 Å². The number of fused-ring (bicyclic) bond motifs is 1. The number of nitrogens with zero attached hydrogens (tertiary/aromatic N) is 1. The predicted molar refractivity (Wildman–Crippen MR) is 121 cm³/mol. The third-order valence-electron chi connectivity index (χ3n) is 6.00. The van der Waals surface area contributed by atoms with Gasteiger partial charge in [-0.2, -0.15) is 0 Å². The molecule has 1 atom stereocenters. The van der Waals surface area contributed by atoms with Crippen LogP contribution in [0.4, 0.5) is 5.69 Å². The standard InChI is InChI=1S/C25H19Cl2NO2/c26-18-10-11-21(20(27)13-18)28-22-6-3-7-23(29)25(22)19(14-24(28)30)17-9-8-15-4-1-2-5-16(15)12-17/h1-2,4-5,8-13,19H,3,6-7,14H2. The Balaban J connectivity index is 1.67. The lowest BCUT2D eigenvalue weighted by molar-refractivity contribution is -0.119. The van der Waals surface area contributed by atoms with Gasteiger partial charge in [-0.15, -0.1) is 0 Å². The molecule has 150 valence electrons. The number of Topliss-reactive ketones (excluding diaryl/α,β-unsaturated/α-hetero) is 1. The third-order valence-corrected chi connectivity index (χ3v) is 6.54. The van der Waals surface area contributed by atoms with Gasteiger partial charge in [0.15, 0.2) is 5.78 Å². The number of anilines is 1. The summed E-state index contributed by atoms with van der Waals surface area (Å²) in [5, 5.41) is 3.17. The van der Waals surface area contributed by atoms with Gasteiger partial charge in [-0.3, -0.25) is 14.5 Å². The molecule has 3 nitrogen and oxygen atoms in total. The normalized spacial score (nSPS) is 19.4. The zero-order valence-corrected chi connectivity index (χ0v) is 17.7. The molecule has 2 aliphatic rings. The Labute approximate surface area is 184 Å². The van der Waals surface area contributed by atoms with Gasteiger partial charge in [-0.1, -0.05) is 65.7 Å². The molecule has 1 unspecified atom stereocenters. The lowest BCUT2D eigenvalue weighted by atomic mass is 9.77. The first-order valence-electron chi connectivity index (χ1n) is 10.1. The van der Waals surface area contributed by atoms with Crippen LogP contribution in [0, 0.1) is 0 Å². The second-order valence-electron chi connectivity index (χ2n) is 7.83. The summed E-state index contributed by atoms with van der Waals surface area (Å²) in [6.45, 7) is 0. The van der Waals surface area contributed by atoms with Crippen LogP contribution in [-0.2, 0) is 9.59 Å². The Bertz CT molecular complexity index is 1230. The molecule has 0 N–H and O–H groups in total. The molecule has 0 bridgehead atoms. The van der Waals surface area contributed by atoms with E-state index in [4.69, 9.17) is 23.2 Å². The van der Waals surface area contributed by atoms with Crippen LogP contribution in [0.5, 0.6) is 0 Å². The van der Waals surface area contributed by atoms with E-state index < -0.39 is 0 Å². The van der Waals surface area contributed by atoms with Gasteiger partial charge in [0.2, 0.25) is 5.91 Å². The van der Waals surface area contributed by atoms with Crippen molar-refractivity contribution in [3.05, 3.63) is 87.5 Å². The first-order valence-corrected chi connectivity index (χ1v) is 10.8. The maximum atomic E-state index is 13.3. The van der Waals surface area contributed by atoms with Gasteiger partial charge < -0.3 is 0 Å². The summed E-state index contributed by atoms with van der Waals surface area (Å²) < 4.78 is 0. The molecule has 0 fully saturated rings. The molecule has 0 saturated carbocycles. The van der Waals surface area contributed by atoms with Crippen molar-refractivity contribution >= 4 is 51.4 Å². The Morgan fingerprint density at radius 3 is 2.47 bits per heavy atom. The zero-order chi connectivity index (χ0) is 20.8. The molecule has 1 heterocycles. The van der Waals surface area contributed by atoms with E-state index in [0.717, 1.165) is 34.0 Å². The number of allylic oxidation sites excluding steroid dienone is 2. The average molecular weight is 436 g/mol. The van der Waals surface area contributed by atoms with E-state index in [2.05, 4.69) is 24.3 Å². The molecule has 0 saturated heterocycles. The number of ketones is 1. The summed E-state index contributed by atoms with van der Waals surface area (Å²) in [6.07, 6.45) is 2.16. The number of hydrogen-bond acceptors (Lipinski definition) is 2. The molecule has 0 radical (unpaired) electrons. The summed E-state index contributed by atoms with van der Waals surface area (Å²) in [5.74, 6) is -0.157. The number of carbonyl (C=O) groups excluding carboxylic acids is 2. The van der Waals surface area contributed by atoms with Gasteiger partial charge in [-0.25, -0.2) is 0 Å². The molecule has 1 amide bonds. The summed E-state index contributed by atoms with van der Waals surface area (Å²) in [6, 6.07) is 19.4. The third kappa shape index (κ3) is 3.23. The van der Waals surface area contributed by atoms with Crippen molar-refractivity contribution in [1.82, 2.24) is 0 Å². The predicted octanol–water partition coefficient (Wildman–Crippen LogP) is 6.67. The number of hydrogen-bond donors (Lipinski definition) is 0. The quantitative estimate of drug-likeness (QED) is 0.450. The molecule has 5 rings (SSSR count). The summed E-state index contributed by atoms with van der Waals surface area (Å²) >= 11 is 12.5. The minimum Gasteiger partial charge on any atom is -0.294 e. The monoisotopic (exact) mass is 435 g/mol. The van der Waals surface area contributed by atoms with Gasteiger partial charge in [0.25, 0.3) is 0 Å². The number of carbonyl (C=O) groups is 2. The molecule has 3 aromatic rings. The van der Waals surface area contributed by atoms with Crippen LogP contribution in [0.3, 0.4) is 0 Å². The number of rotatable bonds is 2. The number of halogens is 2. The Morgan fingerprint density at radius 1 is 0.867 bits per heavy atom. The van der Waals surface area contributed by atoms with Crippen LogP contribution in [0.2, 0.25) is 10.0 Å². The van der Waals surface area contributed by atoms with E-state index in [1.54, 1.807) is 23.1 Å². The van der Waals surface area contributed by atoms with Gasteiger partial charge in [-0.05, 0) is 47.4 Å². The second kappa shape index (κ2) is 7.57. The lowest BCUT2D eigenvalue weighted by Gasteiger charge is -2.38. The van der Waals surface area contributed by atoms with Crippen LogP contribution in [-0.4, -0.2) is 11.7 Å². The fourth-order valence-electron chi connectivity index (χ4n) is 4.64. The maximum Gasteiger partial charge on any atom is 0.232 e. The van der Waals surface area contributed by atoms with Gasteiger partial charge in [0.1, 0.15) is 0 Å². The highest BCUT2D eigenvalue weighted by Gasteiger charge is 2.40. The minimum atomic E-state index is -0.229. The Hall–Kier alpha value is -2.62. The highest BCUT2D eigenvalue weighted by atomic mass is 35.5. The zero-order valence-electron chi connectivity index (χ0n) is 16.2. The van der Waals surface area contributed by atoms with Crippen molar-refractivity contribution in [3.63, 3.8) is 0 Å². The molecule has 0 spiro atoms. The first-order chi connectivity index (χ1) is 14.5. The fourth-order valence-corrected chi connectivity index (χ4v) is 5.14. The molecule has 0 aromatic heterocycles. The van der Waals surface area contributed by atoms with Crippen molar-refractivity contribution in [2.45, 2.75) is 31.6 Å². The smallest absolute Gasteiger partial charge is 0.232 e. The topological polar surface area (TPSA) is 37.4 Å². The van der Waals surface area contributed by atoms with Crippen LogP contribution >= 0.6 is 23.2 Å². The van der Waals surface area contributed by atoms with E-state index in [0.29, 0.717) is 28.6 Å². The molecular weight excluding hydrogens is 417 g/mol. The molecular formula is C25H19Cl2NO2. The average Bonchev–Trinajstić information content (AvgIpc) is 2.74. The van der Waals surface area contributed by atoms with Gasteiger partial charge in [0.05, 0.1) is 10.7 Å². The molecule has 1 aliphatic carbocycles. The SMILES string of the molecule is O=C1CCCC2=C1C(c1ccc3ccccc3c1)CC(=O)N2c1ccc(Cl)cc1Cl. The highest BCUT2D eigenvalue weighted by molar-refractivity contribution is 6.37. The van der Waals surface area contributed by atoms with Crippen LogP contribution in [0.25, 0.3) is 10.8 Å². The van der Waals surface area contributed by atoms with Crippen molar-refractivity contribution in [2.24, 2.45) is 0 Å². The fraction of sp³-hybridized carbons (Fsp3) is 0.200. The van der Waals surface area contributed by atoms with Gasteiger partial charge in [0, 0.05) is 35.1 Å². The minimum absolute atomic E-state index is 0.0502. The summed E-state index contributed by atoms with van der Waals surface area (Å²) in [7, 11) is 0. The summed E-state index contributed by atoms with van der Waals surface area (Å²) in [4.78, 5) is 28.0. The van der Waals surface area contributed by atoms with Crippen molar-refractivity contribution < 1.29 is 9.59 Å². The van der Waals surface area contributed by atoms with E-state index >= 15 is 0 Å². The van der Waals surface area contributed by atoms with Crippen molar-refractivity contribution in [2.75, 3.05) is 4.90 Å². The van der Waals surface area contributed by atoms with E-state index in [1.807, 2.05) is 18.2 Å². The van der Waals surface area contributed by atoms with Crippen LogP contribution in [0.15, 0.2) is 71.9 Å². The van der Waals surface area contributed by atoms with Crippen LogP contribution in [0.1, 0.15) is 37.2 Å². The molecule has 30 heavy (non-hydrogen) atoms. The molecule has 3 aromatic carbocycles. The van der Waals surface area contributed by atoms with E-state index in [9.17, 15) is 9.59 Å². The Kier molecular flexibility index (Phi) is 4.88. The van der Waals surface area contributed by atoms with E-state index in [1.165, 1.54) is 0 Å². The maximum absolute atomic E-state index is 13.3. The summed E-state index contributed by atoms with van der Waals surface area (Å²) in [5.41, 5.74) is 3.13. The number of benzene rings is 3. The Morgan fingerprint density at radius 2 is 1.67 bits per heavy atom. The molecule has 1 aliphatic heterocycles. The second-order valence-corrected chi connectivity index (χ2v) is 8.67. The lowest BCUT2D eigenvalue weighted by Crippen LogP contribution is -2.40. The van der Waals surface area contributed by atoms with Crippen molar-refractivity contribution in [1.29, 1.82) is 0 Å². The first kappa shape index (κ1) is 19.3. The largest absolute Gasteiger partial charge is 0.294 e. The number of amides is 1. The van der Waals surface area contributed by atoms with Gasteiger partial charge >= 0.3 is 0 Å². The van der Waals surface area contributed by atoms with Crippen molar-refractivity contribution in [3.8, 4) is 0 Å². The van der Waals surface area contributed by atoms with Crippen LogP contribution < -0.4 is 4.90 Å². The highest BCUT2D eigenvalue weighted by Crippen LogP contribution is 2.45. The molecule has 5 heteroatoms.